The molecule has 2 aromatic carbocycles. The summed E-state index contributed by atoms with van der Waals surface area (Å²) in [5.74, 6) is -0.274. The highest BCUT2D eigenvalue weighted by Crippen LogP contribution is 2.32. The molecule has 2 nitrogen and oxygen atoms in total. The number of benzene rings is 2. The number of allylic oxidation sites excluding steroid dienone is 1. The van der Waals surface area contributed by atoms with Gasteiger partial charge >= 0.3 is 5.97 Å². The van der Waals surface area contributed by atoms with E-state index in [4.69, 9.17) is 4.74 Å². The molecule has 0 fully saturated rings. The molecule has 2 unspecified atom stereocenters. The van der Waals surface area contributed by atoms with Gasteiger partial charge in [0.25, 0.3) is 0 Å². The molecule has 0 N–H and O–H groups in total. The molecular weight excluding hydrogens is 364 g/mol. The summed E-state index contributed by atoms with van der Waals surface area (Å²) >= 11 is 4.45. The largest absolute Gasteiger partial charge is 0.457 e. The number of hydrogen-bond acceptors (Lipinski definition) is 3. The van der Waals surface area contributed by atoms with Crippen molar-refractivity contribution in [3.63, 3.8) is 0 Å². The average molecular weight is 401 g/mol. The van der Waals surface area contributed by atoms with Gasteiger partial charge in [0.2, 0.25) is 0 Å². The first-order chi connectivity index (χ1) is 13.1. The van der Waals surface area contributed by atoms with E-state index in [0.29, 0.717) is 0 Å². The fourth-order valence-electron chi connectivity index (χ4n) is 2.91. The quantitative estimate of drug-likeness (QED) is 0.414. The highest BCUT2D eigenvalue weighted by molar-refractivity contribution is 7.81. The molecular formula is C25H36O2S. The maximum atomic E-state index is 12.5. The van der Waals surface area contributed by atoms with E-state index in [0.717, 1.165) is 22.8 Å². The number of hydrogen-bond donors (Lipinski definition) is 1. The molecule has 0 amide bonds. The lowest BCUT2D eigenvalue weighted by molar-refractivity contribution is -0.149. The molecule has 0 aromatic heterocycles. The van der Waals surface area contributed by atoms with Crippen LogP contribution in [-0.2, 0) is 9.53 Å². The van der Waals surface area contributed by atoms with E-state index in [1.54, 1.807) is 0 Å². The highest BCUT2D eigenvalue weighted by atomic mass is 32.1. The predicted molar refractivity (Wildman–Crippen MR) is 126 cm³/mol. The SMILES string of the molecule is CC.CC/C=C\c1cc2c(C(C)OC(=O)C(S)C(C)(C)C)cccc2cc1C. The van der Waals surface area contributed by atoms with Crippen LogP contribution < -0.4 is 0 Å². The van der Waals surface area contributed by atoms with Crippen molar-refractivity contribution in [1.29, 1.82) is 0 Å². The first-order valence-corrected chi connectivity index (χ1v) is 10.7. The van der Waals surface area contributed by atoms with Gasteiger partial charge in [-0.05, 0) is 53.6 Å². The normalized spacial score (nSPS) is 13.8. The van der Waals surface area contributed by atoms with Crippen LogP contribution in [0.15, 0.2) is 36.4 Å². The summed E-state index contributed by atoms with van der Waals surface area (Å²) in [6, 6.07) is 10.5. The monoisotopic (exact) mass is 400 g/mol. The van der Waals surface area contributed by atoms with Crippen molar-refractivity contribution < 1.29 is 9.53 Å². The van der Waals surface area contributed by atoms with Gasteiger partial charge in [-0.3, -0.25) is 4.79 Å². The third-order valence-electron chi connectivity index (χ3n) is 4.61. The Morgan fingerprint density at radius 1 is 1.21 bits per heavy atom. The maximum absolute atomic E-state index is 12.5. The summed E-state index contributed by atoms with van der Waals surface area (Å²) < 4.78 is 5.75. The summed E-state index contributed by atoms with van der Waals surface area (Å²) in [5.41, 5.74) is 3.23. The Hall–Kier alpha value is -1.74. The summed E-state index contributed by atoms with van der Waals surface area (Å²) in [6.45, 7) is 16.1. The van der Waals surface area contributed by atoms with Crippen LogP contribution >= 0.6 is 12.6 Å². The Labute approximate surface area is 176 Å². The van der Waals surface area contributed by atoms with Crippen molar-refractivity contribution in [3.05, 3.63) is 53.1 Å². The van der Waals surface area contributed by atoms with E-state index in [-0.39, 0.29) is 17.5 Å². The van der Waals surface area contributed by atoms with Crippen molar-refractivity contribution in [3.8, 4) is 0 Å². The fraction of sp³-hybridized carbons (Fsp3) is 0.480. The van der Waals surface area contributed by atoms with Gasteiger partial charge in [-0.1, -0.05) is 78.0 Å². The van der Waals surface area contributed by atoms with E-state index in [1.807, 2.05) is 53.7 Å². The van der Waals surface area contributed by atoms with E-state index in [2.05, 4.69) is 56.8 Å². The lowest BCUT2D eigenvalue weighted by Gasteiger charge is -2.26. The van der Waals surface area contributed by atoms with Crippen LogP contribution in [0.2, 0.25) is 0 Å². The second-order valence-corrected chi connectivity index (χ2v) is 8.45. The Morgan fingerprint density at radius 3 is 2.43 bits per heavy atom. The van der Waals surface area contributed by atoms with Gasteiger partial charge in [0.05, 0.1) is 0 Å². The number of fused-ring (bicyclic) bond motifs is 1. The molecule has 0 heterocycles. The lowest BCUT2D eigenvalue weighted by atomic mass is 9.91. The molecule has 154 valence electrons. The second kappa shape index (κ2) is 10.7. The van der Waals surface area contributed by atoms with Crippen LogP contribution in [0.3, 0.4) is 0 Å². The van der Waals surface area contributed by atoms with E-state index >= 15 is 0 Å². The topological polar surface area (TPSA) is 26.3 Å². The Balaban J connectivity index is 0.00000190. The van der Waals surface area contributed by atoms with Crippen molar-refractivity contribution >= 4 is 35.4 Å². The van der Waals surface area contributed by atoms with Gasteiger partial charge in [-0.15, -0.1) is 0 Å². The molecule has 0 radical (unpaired) electrons. The fourth-order valence-corrected chi connectivity index (χ4v) is 2.98. The molecule has 0 aliphatic heterocycles. The maximum Gasteiger partial charge on any atom is 0.319 e. The van der Waals surface area contributed by atoms with Crippen LogP contribution in [0, 0.1) is 12.3 Å². The van der Waals surface area contributed by atoms with Crippen LogP contribution in [0.25, 0.3) is 16.8 Å². The van der Waals surface area contributed by atoms with Crippen LogP contribution in [0.4, 0.5) is 0 Å². The molecule has 0 aliphatic rings. The van der Waals surface area contributed by atoms with Gasteiger partial charge in [0.1, 0.15) is 11.4 Å². The van der Waals surface area contributed by atoms with Gasteiger partial charge in [0, 0.05) is 5.56 Å². The zero-order valence-electron chi connectivity index (χ0n) is 18.7. The molecule has 28 heavy (non-hydrogen) atoms. The molecule has 0 aliphatic carbocycles. The van der Waals surface area contributed by atoms with Crippen molar-refractivity contribution in [2.45, 2.75) is 73.2 Å². The van der Waals surface area contributed by atoms with Crippen LogP contribution in [0.5, 0.6) is 0 Å². The van der Waals surface area contributed by atoms with Gasteiger partial charge in [-0.2, -0.15) is 12.6 Å². The third kappa shape index (κ3) is 6.13. The zero-order valence-corrected chi connectivity index (χ0v) is 19.6. The molecule has 2 aromatic rings. The molecule has 2 rings (SSSR count). The molecule has 0 bridgehead atoms. The van der Waals surface area contributed by atoms with E-state index in [9.17, 15) is 4.79 Å². The zero-order chi connectivity index (χ0) is 21.5. The first kappa shape index (κ1) is 24.3. The van der Waals surface area contributed by atoms with Crippen LogP contribution in [0.1, 0.15) is 77.7 Å². The van der Waals surface area contributed by atoms with Gasteiger partial charge in [-0.25, -0.2) is 0 Å². The molecule has 0 saturated heterocycles. The van der Waals surface area contributed by atoms with Crippen LogP contribution in [-0.4, -0.2) is 11.2 Å². The summed E-state index contributed by atoms with van der Waals surface area (Å²) in [4.78, 5) is 12.5. The van der Waals surface area contributed by atoms with E-state index in [1.165, 1.54) is 11.1 Å². The number of carbonyl (C=O) groups is 1. The number of rotatable bonds is 5. The smallest absolute Gasteiger partial charge is 0.319 e. The predicted octanol–water partition coefficient (Wildman–Crippen LogP) is 7.55. The van der Waals surface area contributed by atoms with Crippen molar-refractivity contribution in [1.82, 2.24) is 0 Å². The molecule has 0 saturated carbocycles. The number of ether oxygens (including phenoxy) is 1. The second-order valence-electron chi connectivity index (χ2n) is 7.94. The minimum atomic E-state index is -0.454. The van der Waals surface area contributed by atoms with Crippen molar-refractivity contribution in [2.24, 2.45) is 5.41 Å². The average Bonchev–Trinajstić information content (AvgIpc) is 2.65. The minimum absolute atomic E-state index is 0.242. The van der Waals surface area contributed by atoms with Gasteiger partial charge in [0.15, 0.2) is 0 Å². The summed E-state index contributed by atoms with van der Waals surface area (Å²) in [5, 5.41) is 1.83. The number of aryl methyl sites for hydroxylation is 1. The third-order valence-corrected chi connectivity index (χ3v) is 5.59. The highest BCUT2D eigenvalue weighted by Gasteiger charge is 2.30. The molecule has 0 spiro atoms. The Bertz CT molecular complexity index is 815. The molecule has 3 heteroatoms. The number of esters is 1. The summed E-state index contributed by atoms with van der Waals surface area (Å²) in [6.07, 6.45) is 5.00. The Morgan fingerprint density at radius 2 is 1.86 bits per heavy atom. The number of thiol groups is 1. The van der Waals surface area contributed by atoms with Crippen molar-refractivity contribution in [2.75, 3.05) is 0 Å². The first-order valence-electron chi connectivity index (χ1n) is 10.2. The van der Waals surface area contributed by atoms with Gasteiger partial charge < -0.3 is 4.74 Å². The number of carbonyl (C=O) groups excluding carboxylic acids is 1. The summed E-state index contributed by atoms with van der Waals surface area (Å²) in [7, 11) is 0. The molecule has 2 atom stereocenters. The van der Waals surface area contributed by atoms with E-state index < -0.39 is 5.25 Å². The minimum Gasteiger partial charge on any atom is -0.457 e. The lowest BCUT2D eigenvalue weighted by Crippen LogP contribution is -2.31. The Kier molecular flexibility index (Phi) is 9.29. The standard InChI is InChI=1S/C23H30O2S.C2H6/c1-7-8-10-17-14-20-18(13-15(17)2)11-9-12-19(20)16(3)25-22(24)21(26)23(4,5)6;1-2/h8-14,16,21,26H,7H2,1-6H3;1-2H3/b10-8-;.